The highest BCUT2D eigenvalue weighted by molar-refractivity contribution is 7.90. The first-order valence-corrected chi connectivity index (χ1v) is 9.97. The number of nitrogens with zero attached hydrogens (tertiary/aromatic N) is 2. The summed E-state index contributed by atoms with van der Waals surface area (Å²) in [5.41, 5.74) is 2.66. The molecule has 0 unspecified atom stereocenters. The molecule has 0 saturated heterocycles. The third-order valence-electron chi connectivity index (χ3n) is 4.36. The smallest absolute Gasteiger partial charge is 0.268 e. The van der Waals surface area contributed by atoms with Crippen LogP contribution in [0.1, 0.15) is 21.5 Å². The van der Waals surface area contributed by atoms with E-state index in [4.69, 9.17) is 0 Å². The molecule has 0 bridgehead atoms. The van der Waals surface area contributed by atoms with E-state index in [2.05, 4.69) is 0 Å². The van der Waals surface area contributed by atoms with Crippen molar-refractivity contribution < 1.29 is 13.2 Å². The molecule has 3 aromatic rings. The van der Waals surface area contributed by atoms with Crippen molar-refractivity contribution in [3.8, 4) is 0 Å². The molecule has 0 aliphatic rings. The standard InChI is InChI=1S/C21H22N2O3S/c1-15-8-10-17(11-9-15)27(25,26)23-14-19(20(24)12-13-22(3)4)18-7-5-6-16(2)21(18)23/h5-14H,1-4H3/b13-12+. The van der Waals surface area contributed by atoms with Crippen molar-refractivity contribution >= 4 is 26.7 Å². The summed E-state index contributed by atoms with van der Waals surface area (Å²) in [6.45, 7) is 3.74. The number of allylic oxidation sites excluding steroid dienone is 1. The first-order valence-electron chi connectivity index (χ1n) is 8.53. The van der Waals surface area contributed by atoms with Gasteiger partial charge in [0.2, 0.25) is 0 Å². The molecule has 1 heterocycles. The minimum Gasteiger partial charge on any atom is -0.383 e. The number of carbonyl (C=O) groups is 1. The lowest BCUT2D eigenvalue weighted by Gasteiger charge is -2.09. The van der Waals surface area contributed by atoms with E-state index in [0.29, 0.717) is 16.5 Å². The maximum atomic E-state index is 13.2. The Balaban J connectivity index is 2.25. The van der Waals surface area contributed by atoms with Gasteiger partial charge in [0.1, 0.15) is 0 Å². The third-order valence-corrected chi connectivity index (χ3v) is 6.04. The quantitative estimate of drug-likeness (QED) is 0.498. The van der Waals surface area contributed by atoms with Crippen molar-refractivity contribution in [3.05, 3.63) is 77.6 Å². The van der Waals surface area contributed by atoms with E-state index >= 15 is 0 Å². The number of rotatable bonds is 5. The molecule has 0 aliphatic heterocycles. The number of aryl methyl sites for hydroxylation is 2. The number of aromatic nitrogens is 1. The van der Waals surface area contributed by atoms with Crippen LogP contribution in [-0.2, 0) is 10.0 Å². The fourth-order valence-corrected chi connectivity index (χ4v) is 4.37. The lowest BCUT2D eigenvalue weighted by atomic mass is 10.1. The van der Waals surface area contributed by atoms with E-state index in [0.717, 1.165) is 11.1 Å². The third kappa shape index (κ3) is 3.53. The van der Waals surface area contributed by atoms with Crippen LogP contribution < -0.4 is 0 Å². The van der Waals surface area contributed by atoms with Crippen molar-refractivity contribution in [2.45, 2.75) is 18.7 Å². The summed E-state index contributed by atoms with van der Waals surface area (Å²) < 4.78 is 27.7. The highest BCUT2D eigenvalue weighted by Gasteiger charge is 2.24. The minimum atomic E-state index is -3.82. The Bertz CT molecular complexity index is 1140. The van der Waals surface area contributed by atoms with E-state index in [-0.39, 0.29) is 10.7 Å². The molecule has 0 atom stereocenters. The van der Waals surface area contributed by atoms with Crippen molar-refractivity contribution in [2.75, 3.05) is 14.1 Å². The molecule has 5 nitrogen and oxygen atoms in total. The van der Waals surface area contributed by atoms with Crippen LogP contribution in [0.25, 0.3) is 10.9 Å². The van der Waals surface area contributed by atoms with Crippen LogP contribution in [0, 0.1) is 13.8 Å². The fraction of sp³-hybridized carbons (Fsp3) is 0.190. The van der Waals surface area contributed by atoms with E-state index < -0.39 is 10.0 Å². The largest absolute Gasteiger partial charge is 0.383 e. The number of carbonyl (C=O) groups excluding carboxylic acids is 1. The lowest BCUT2D eigenvalue weighted by Crippen LogP contribution is -2.12. The second kappa shape index (κ2) is 7.04. The predicted octanol–water partition coefficient (Wildman–Crippen LogP) is 3.75. The molecule has 0 radical (unpaired) electrons. The van der Waals surface area contributed by atoms with Crippen LogP contribution in [0.5, 0.6) is 0 Å². The molecule has 0 N–H and O–H groups in total. The zero-order valence-electron chi connectivity index (χ0n) is 15.8. The Labute approximate surface area is 159 Å². The molecule has 6 heteroatoms. The molecule has 140 valence electrons. The first-order chi connectivity index (χ1) is 12.7. The zero-order chi connectivity index (χ0) is 19.8. The highest BCUT2D eigenvalue weighted by atomic mass is 32.2. The molecule has 1 aromatic heterocycles. The van der Waals surface area contributed by atoms with Gasteiger partial charge in [0.05, 0.1) is 10.4 Å². The summed E-state index contributed by atoms with van der Waals surface area (Å²) in [6, 6.07) is 12.1. The van der Waals surface area contributed by atoms with Crippen molar-refractivity contribution in [2.24, 2.45) is 0 Å². The maximum Gasteiger partial charge on any atom is 0.268 e. The summed E-state index contributed by atoms with van der Waals surface area (Å²) >= 11 is 0. The van der Waals surface area contributed by atoms with E-state index in [9.17, 15) is 13.2 Å². The normalized spacial score (nSPS) is 12.0. The Morgan fingerprint density at radius 3 is 2.33 bits per heavy atom. The van der Waals surface area contributed by atoms with Gasteiger partial charge < -0.3 is 4.90 Å². The molecule has 0 aliphatic carbocycles. The molecule has 0 saturated carbocycles. The monoisotopic (exact) mass is 382 g/mol. The van der Waals surface area contributed by atoms with Gasteiger partial charge in [-0.2, -0.15) is 0 Å². The van der Waals surface area contributed by atoms with Crippen LogP contribution in [-0.4, -0.2) is 37.2 Å². The Kier molecular flexibility index (Phi) is 4.93. The number of ketones is 1. The van der Waals surface area contributed by atoms with E-state index in [1.54, 1.807) is 41.4 Å². The second-order valence-corrected chi connectivity index (χ2v) is 8.59. The lowest BCUT2D eigenvalue weighted by molar-refractivity contribution is 0.104. The molecular formula is C21H22N2O3S. The Morgan fingerprint density at radius 1 is 1.04 bits per heavy atom. The van der Waals surface area contributed by atoms with Gasteiger partial charge in [-0.25, -0.2) is 12.4 Å². The van der Waals surface area contributed by atoms with Crippen LogP contribution >= 0.6 is 0 Å². The van der Waals surface area contributed by atoms with Gasteiger partial charge in [0.15, 0.2) is 5.78 Å². The van der Waals surface area contributed by atoms with Gasteiger partial charge in [-0.05, 0) is 31.5 Å². The Morgan fingerprint density at radius 2 is 1.70 bits per heavy atom. The average Bonchev–Trinajstić information content (AvgIpc) is 3.02. The molecule has 0 amide bonds. The minimum absolute atomic E-state index is 0.191. The fourth-order valence-electron chi connectivity index (χ4n) is 2.94. The van der Waals surface area contributed by atoms with Gasteiger partial charge in [-0.1, -0.05) is 35.9 Å². The average molecular weight is 382 g/mol. The van der Waals surface area contributed by atoms with Crippen LogP contribution in [0.4, 0.5) is 0 Å². The van der Waals surface area contributed by atoms with Crippen molar-refractivity contribution in [1.82, 2.24) is 8.87 Å². The number of benzene rings is 2. The summed E-state index contributed by atoms with van der Waals surface area (Å²) in [5, 5.41) is 0.624. The number of fused-ring (bicyclic) bond motifs is 1. The summed E-state index contributed by atoms with van der Waals surface area (Å²) in [6.07, 6.45) is 4.52. The molecule has 27 heavy (non-hydrogen) atoms. The molecule has 0 fully saturated rings. The van der Waals surface area contributed by atoms with Crippen LogP contribution in [0.2, 0.25) is 0 Å². The second-order valence-electron chi connectivity index (χ2n) is 6.77. The van der Waals surface area contributed by atoms with Gasteiger partial charge in [-0.3, -0.25) is 4.79 Å². The number of hydrogen-bond donors (Lipinski definition) is 0. The maximum absolute atomic E-state index is 13.2. The SMILES string of the molecule is Cc1ccc(S(=O)(=O)n2cc(C(=O)/C=C/N(C)C)c3cccc(C)c32)cc1. The van der Waals surface area contributed by atoms with Gasteiger partial charge in [-0.15, -0.1) is 0 Å². The van der Waals surface area contributed by atoms with Gasteiger partial charge >= 0.3 is 0 Å². The number of hydrogen-bond acceptors (Lipinski definition) is 4. The van der Waals surface area contributed by atoms with E-state index in [1.807, 2.05) is 40.1 Å². The number of para-hydroxylation sites is 1. The summed E-state index contributed by atoms with van der Waals surface area (Å²) in [5.74, 6) is -0.239. The molecular weight excluding hydrogens is 360 g/mol. The molecule has 2 aromatic carbocycles. The van der Waals surface area contributed by atoms with Crippen molar-refractivity contribution in [3.63, 3.8) is 0 Å². The summed E-state index contributed by atoms with van der Waals surface area (Å²) in [7, 11) is -0.182. The zero-order valence-corrected chi connectivity index (χ0v) is 16.6. The molecule has 3 rings (SSSR count). The topological polar surface area (TPSA) is 59.4 Å². The van der Waals surface area contributed by atoms with E-state index in [1.165, 1.54) is 16.2 Å². The van der Waals surface area contributed by atoms with Crippen molar-refractivity contribution in [1.29, 1.82) is 0 Å². The molecule has 0 spiro atoms. The Hall–Kier alpha value is -2.86. The van der Waals surface area contributed by atoms with Crippen LogP contribution in [0.3, 0.4) is 0 Å². The highest BCUT2D eigenvalue weighted by Crippen LogP contribution is 2.29. The van der Waals surface area contributed by atoms with Gasteiger partial charge in [0, 0.05) is 43.5 Å². The summed E-state index contributed by atoms with van der Waals surface area (Å²) in [4.78, 5) is 14.6. The van der Waals surface area contributed by atoms with Crippen LogP contribution in [0.15, 0.2) is 65.8 Å². The first kappa shape index (κ1) is 18.9. The van der Waals surface area contributed by atoms with Gasteiger partial charge in [0.25, 0.3) is 10.0 Å². The predicted molar refractivity (Wildman–Crippen MR) is 108 cm³/mol.